The Balaban J connectivity index is 1.65. The smallest absolute Gasteiger partial charge is 0.0568 e. The van der Waals surface area contributed by atoms with Gasteiger partial charge in [-0.3, -0.25) is 4.68 Å². The molecule has 1 aromatic heterocycles. The summed E-state index contributed by atoms with van der Waals surface area (Å²) >= 11 is 0. The Morgan fingerprint density at radius 2 is 1.87 bits per heavy atom. The number of benzene rings is 2. The lowest BCUT2D eigenvalue weighted by Crippen LogP contribution is -2.20. The van der Waals surface area contributed by atoms with Crippen LogP contribution in [0, 0.1) is 5.92 Å². The maximum Gasteiger partial charge on any atom is 0.0568 e. The van der Waals surface area contributed by atoms with Gasteiger partial charge in [-0.2, -0.15) is 5.10 Å². The second-order valence-corrected chi connectivity index (χ2v) is 6.25. The lowest BCUT2D eigenvalue weighted by Gasteiger charge is -2.21. The Morgan fingerprint density at radius 3 is 2.74 bits per heavy atom. The summed E-state index contributed by atoms with van der Waals surface area (Å²) in [5.41, 5.74) is 9.25. The van der Waals surface area contributed by atoms with Crippen molar-refractivity contribution in [2.24, 2.45) is 5.92 Å². The second-order valence-electron chi connectivity index (χ2n) is 6.25. The number of hydrogen-bond acceptors (Lipinski definition) is 3. The van der Waals surface area contributed by atoms with Crippen LogP contribution in [0.25, 0.3) is 21.9 Å². The molecule has 0 saturated carbocycles. The minimum Gasteiger partial charge on any atom is -0.398 e. The summed E-state index contributed by atoms with van der Waals surface area (Å²) in [5.74, 6) is 0.666. The molecule has 0 radical (unpaired) electrons. The van der Waals surface area contributed by atoms with Crippen molar-refractivity contribution in [2.75, 3.05) is 18.9 Å². The van der Waals surface area contributed by atoms with E-state index in [-0.39, 0.29) is 0 Å². The van der Waals surface area contributed by atoms with Crippen LogP contribution in [0.3, 0.4) is 0 Å². The zero-order valence-electron chi connectivity index (χ0n) is 13.1. The molecule has 0 bridgehead atoms. The van der Waals surface area contributed by atoms with Gasteiger partial charge in [0.05, 0.1) is 6.20 Å². The Morgan fingerprint density at radius 1 is 1.09 bits per heavy atom. The van der Waals surface area contributed by atoms with Gasteiger partial charge in [0.15, 0.2) is 0 Å². The zero-order chi connectivity index (χ0) is 15.6. The van der Waals surface area contributed by atoms with Crippen LogP contribution in [0.4, 0.5) is 5.69 Å². The molecule has 0 spiro atoms. The van der Waals surface area contributed by atoms with Crippen LogP contribution < -0.4 is 5.73 Å². The molecule has 4 rings (SSSR count). The normalized spacial score (nSPS) is 16.0. The molecule has 2 aromatic carbocycles. The van der Waals surface area contributed by atoms with Gasteiger partial charge in [-0.05, 0) is 35.8 Å². The molecule has 1 fully saturated rings. The predicted octanol–water partition coefficient (Wildman–Crippen LogP) is 3.71. The molecule has 1 saturated heterocycles. The molecule has 2 heterocycles. The van der Waals surface area contributed by atoms with Crippen LogP contribution in [0.2, 0.25) is 0 Å². The van der Waals surface area contributed by atoms with Gasteiger partial charge < -0.3 is 10.5 Å². The van der Waals surface area contributed by atoms with Gasteiger partial charge in [-0.1, -0.05) is 30.3 Å². The summed E-state index contributed by atoms with van der Waals surface area (Å²) < 4.78 is 7.50. The third-order valence-corrected chi connectivity index (χ3v) is 4.69. The summed E-state index contributed by atoms with van der Waals surface area (Å²) in [7, 11) is 0. The van der Waals surface area contributed by atoms with Gasteiger partial charge in [-0.15, -0.1) is 0 Å². The van der Waals surface area contributed by atoms with Crippen molar-refractivity contribution in [1.29, 1.82) is 0 Å². The first-order chi connectivity index (χ1) is 11.3. The van der Waals surface area contributed by atoms with Crippen LogP contribution in [0.15, 0.2) is 48.8 Å². The molecule has 0 aliphatic carbocycles. The molecule has 0 amide bonds. The summed E-state index contributed by atoms with van der Waals surface area (Å²) in [4.78, 5) is 0. The molecular weight excluding hydrogens is 286 g/mol. The van der Waals surface area contributed by atoms with E-state index in [0.29, 0.717) is 5.92 Å². The number of fused-ring (bicyclic) bond motifs is 1. The minimum atomic E-state index is 0.666. The number of aromatic nitrogens is 2. The first kappa shape index (κ1) is 14.3. The van der Waals surface area contributed by atoms with Crippen molar-refractivity contribution < 1.29 is 4.74 Å². The van der Waals surface area contributed by atoms with Crippen molar-refractivity contribution in [3.05, 3.63) is 48.8 Å². The Bertz CT molecular complexity index is 818. The molecule has 1 aliphatic rings. The quantitative estimate of drug-likeness (QED) is 0.750. The number of anilines is 1. The van der Waals surface area contributed by atoms with Gasteiger partial charge in [-0.25, -0.2) is 0 Å². The van der Waals surface area contributed by atoms with Gasteiger partial charge in [0.25, 0.3) is 0 Å². The maximum absolute atomic E-state index is 6.10. The van der Waals surface area contributed by atoms with Crippen LogP contribution in [0.5, 0.6) is 0 Å². The number of ether oxygens (including phenoxy) is 1. The van der Waals surface area contributed by atoms with Crippen molar-refractivity contribution in [3.63, 3.8) is 0 Å². The third-order valence-electron chi connectivity index (χ3n) is 4.69. The van der Waals surface area contributed by atoms with E-state index in [0.717, 1.165) is 49.2 Å². The van der Waals surface area contributed by atoms with Crippen LogP contribution in [-0.4, -0.2) is 23.0 Å². The molecular formula is C19H21N3O. The van der Waals surface area contributed by atoms with E-state index >= 15 is 0 Å². The molecule has 118 valence electrons. The maximum atomic E-state index is 6.10. The minimum absolute atomic E-state index is 0.666. The van der Waals surface area contributed by atoms with Crippen molar-refractivity contribution in [3.8, 4) is 11.1 Å². The summed E-state index contributed by atoms with van der Waals surface area (Å²) in [6.45, 7) is 2.72. The highest BCUT2D eigenvalue weighted by Crippen LogP contribution is 2.31. The molecule has 4 nitrogen and oxygen atoms in total. The molecule has 2 N–H and O–H groups in total. The average molecular weight is 307 g/mol. The Hall–Kier alpha value is -2.33. The second kappa shape index (κ2) is 6.05. The van der Waals surface area contributed by atoms with E-state index < -0.39 is 0 Å². The molecule has 1 aliphatic heterocycles. The Labute approximate surface area is 135 Å². The molecule has 4 heteroatoms. The highest BCUT2D eigenvalue weighted by molar-refractivity contribution is 6.02. The number of nitrogens with two attached hydrogens (primary N) is 1. The largest absolute Gasteiger partial charge is 0.398 e. The van der Waals surface area contributed by atoms with Gasteiger partial charge in [0, 0.05) is 42.6 Å². The van der Waals surface area contributed by atoms with Gasteiger partial charge in [0.2, 0.25) is 0 Å². The van der Waals surface area contributed by atoms with E-state index in [9.17, 15) is 0 Å². The fourth-order valence-electron chi connectivity index (χ4n) is 3.38. The molecule has 3 aromatic rings. The lowest BCUT2D eigenvalue weighted by molar-refractivity contribution is 0.0601. The van der Waals surface area contributed by atoms with Crippen molar-refractivity contribution >= 4 is 16.5 Å². The van der Waals surface area contributed by atoms with E-state index in [1.165, 1.54) is 10.9 Å². The first-order valence-corrected chi connectivity index (χ1v) is 8.19. The standard InChI is InChI=1S/C19H21N3O/c20-19-6-2-4-17-16(3-1-5-18(17)19)15-11-21-22(13-15)12-14-7-9-23-10-8-14/h1-6,11,13-14H,7-10,12,20H2. The first-order valence-electron chi connectivity index (χ1n) is 8.19. The molecule has 0 atom stereocenters. The monoisotopic (exact) mass is 307 g/mol. The summed E-state index contributed by atoms with van der Waals surface area (Å²) in [6, 6.07) is 12.3. The van der Waals surface area contributed by atoms with Gasteiger partial charge >= 0.3 is 0 Å². The topological polar surface area (TPSA) is 53.1 Å². The van der Waals surface area contributed by atoms with Crippen LogP contribution in [0.1, 0.15) is 12.8 Å². The molecule has 0 unspecified atom stereocenters. The lowest BCUT2D eigenvalue weighted by atomic mass is 9.99. The number of nitrogen functional groups attached to an aromatic ring is 1. The molecule has 23 heavy (non-hydrogen) atoms. The van der Waals surface area contributed by atoms with Gasteiger partial charge in [0.1, 0.15) is 0 Å². The van der Waals surface area contributed by atoms with Crippen LogP contribution >= 0.6 is 0 Å². The Kier molecular flexibility index (Phi) is 3.75. The number of rotatable bonds is 3. The van der Waals surface area contributed by atoms with E-state index in [1.54, 1.807) is 0 Å². The number of hydrogen-bond donors (Lipinski definition) is 1. The van der Waals surface area contributed by atoms with Crippen molar-refractivity contribution in [1.82, 2.24) is 9.78 Å². The summed E-state index contributed by atoms with van der Waals surface area (Å²) in [5, 5.41) is 6.84. The highest BCUT2D eigenvalue weighted by Gasteiger charge is 2.15. The highest BCUT2D eigenvalue weighted by atomic mass is 16.5. The third kappa shape index (κ3) is 2.82. The zero-order valence-corrected chi connectivity index (χ0v) is 13.1. The van der Waals surface area contributed by atoms with E-state index in [4.69, 9.17) is 10.5 Å². The van der Waals surface area contributed by atoms with E-state index in [2.05, 4.69) is 40.2 Å². The average Bonchev–Trinajstić information content (AvgIpc) is 3.04. The summed E-state index contributed by atoms with van der Waals surface area (Å²) in [6.07, 6.45) is 6.35. The predicted molar refractivity (Wildman–Crippen MR) is 93.1 cm³/mol. The van der Waals surface area contributed by atoms with Crippen molar-refractivity contribution in [2.45, 2.75) is 19.4 Å². The fraction of sp³-hybridized carbons (Fsp3) is 0.316. The SMILES string of the molecule is Nc1cccc2c(-c3cnn(CC4CCOCC4)c3)cccc12. The fourth-order valence-corrected chi connectivity index (χ4v) is 3.38. The van der Waals surface area contributed by atoms with E-state index in [1.807, 2.05) is 18.3 Å². The number of nitrogens with zero attached hydrogens (tertiary/aromatic N) is 2. The van der Waals surface area contributed by atoms with Crippen LogP contribution in [-0.2, 0) is 11.3 Å².